The minimum absolute atomic E-state index is 0.134. The van der Waals surface area contributed by atoms with Gasteiger partial charge in [0.05, 0.1) is 6.54 Å². The zero-order chi connectivity index (χ0) is 12.5. The summed E-state index contributed by atoms with van der Waals surface area (Å²) in [7, 11) is -3.82. The monoisotopic (exact) mass is 270 g/mol. The van der Waals surface area contributed by atoms with E-state index in [0.717, 1.165) is 16.7 Å². The lowest BCUT2D eigenvalue weighted by molar-refractivity contribution is -0.118. The van der Waals surface area contributed by atoms with Gasteiger partial charge in [0.25, 0.3) is 10.0 Å². The molecule has 1 aromatic heterocycles. The Kier molecular flexibility index (Phi) is 3.14. The fraction of sp³-hybridized carbons (Fsp3) is 0.100. The standard InChI is InChI=1S/C10H10N2O3S2/c11-5-9(13)12-17(14,15)10-8-4-2-1-3-7(8)6-16-10/h1-4,6H,5,11H2,(H,12,13). The van der Waals surface area contributed by atoms with Crippen molar-refractivity contribution >= 4 is 38.0 Å². The summed E-state index contributed by atoms with van der Waals surface area (Å²) >= 11 is 1.08. The highest BCUT2D eigenvalue weighted by Gasteiger charge is 2.21. The summed E-state index contributed by atoms with van der Waals surface area (Å²) < 4.78 is 25.9. The molecule has 3 N–H and O–H groups in total. The van der Waals surface area contributed by atoms with Gasteiger partial charge >= 0.3 is 0 Å². The minimum atomic E-state index is -3.82. The van der Waals surface area contributed by atoms with Crippen LogP contribution in [0.3, 0.4) is 0 Å². The van der Waals surface area contributed by atoms with Crippen molar-refractivity contribution in [1.29, 1.82) is 0 Å². The second kappa shape index (κ2) is 4.44. The minimum Gasteiger partial charge on any atom is -0.322 e. The number of carbonyl (C=O) groups is 1. The number of rotatable bonds is 3. The van der Waals surface area contributed by atoms with Crippen LogP contribution in [0.1, 0.15) is 0 Å². The number of nitrogens with two attached hydrogens (primary N) is 1. The third-order valence-electron chi connectivity index (χ3n) is 2.15. The number of hydrogen-bond acceptors (Lipinski definition) is 5. The number of sulfonamides is 1. The zero-order valence-electron chi connectivity index (χ0n) is 8.71. The van der Waals surface area contributed by atoms with E-state index in [-0.39, 0.29) is 10.8 Å². The number of hydrogen-bond donors (Lipinski definition) is 2. The Morgan fingerprint density at radius 3 is 2.76 bits per heavy atom. The molecule has 0 aliphatic heterocycles. The Bertz CT molecular complexity index is 661. The molecule has 90 valence electrons. The van der Waals surface area contributed by atoms with E-state index in [4.69, 9.17) is 5.73 Å². The lowest BCUT2D eigenvalue weighted by Crippen LogP contribution is -2.35. The van der Waals surface area contributed by atoms with Crippen LogP contribution < -0.4 is 10.5 Å². The van der Waals surface area contributed by atoms with Gasteiger partial charge in [-0.1, -0.05) is 24.3 Å². The van der Waals surface area contributed by atoms with Crippen LogP contribution in [-0.2, 0) is 14.8 Å². The van der Waals surface area contributed by atoms with Gasteiger partial charge in [-0.2, -0.15) is 0 Å². The van der Waals surface area contributed by atoms with Crippen LogP contribution in [0.4, 0.5) is 0 Å². The second-order valence-electron chi connectivity index (χ2n) is 3.34. The Morgan fingerprint density at radius 2 is 2.06 bits per heavy atom. The molecule has 7 heteroatoms. The predicted octanol–water partition coefficient (Wildman–Crippen LogP) is 0.665. The first kappa shape index (κ1) is 12.0. The SMILES string of the molecule is NCC(=O)NS(=O)(=O)c1scc2ccccc12. The molecule has 5 nitrogen and oxygen atoms in total. The van der Waals surface area contributed by atoms with Crippen molar-refractivity contribution in [1.82, 2.24) is 4.72 Å². The number of fused-ring (bicyclic) bond motifs is 1. The molecule has 0 spiro atoms. The highest BCUT2D eigenvalue weighted by Crippen LogP contribution is 2.29. The molecule has 0 radical (unpaired) electrons. The van der Waals surface area contributed by atoms with Gasteiger partial charge in [0, 0.05) is 10.8 Å². The average Bonchev–Trinajstić information content (AvgIpc) is 2.72. The molecule has 0 saturated heterocycles. The molecule has 0 fully saturated rings. The summed E-state index contributed by atoms with van der Waals surface area (Å²) in [5.41, 5.74) is 5.07. The van der Waals surface area contributed by atoms with E-state index in [0.29, 0.717) is 5.39 Å². The van der Waals surface area contributed by atoms with Crippen molar-refractivity contribution in [2.75, 3.05) is 6.54 Å². The molecule has 1 heterocycles. The van der Waals surface area contributed by atoms with Crippen molar-refractivity contribution < 1.29 is 13.2 Å². The molecule has 0 aliphatic carbocycles. The lowest BCUT2D eigenvalue weighted by Gasteiger charge is -2.03. The summed E-state index contributed by atoms with van der Waals surface area (Å²) in [6.07, 6.45) is 0. The van der Waals surface area contributed by atoms with Gasteiger partial charge in [-0.05, 0) is 5.39 Å². The van der Waals surface area contributed by atoms with E-state index in [1.807, 2.05) is 16.9 Å². The van der Waals surface area contributed by atoms with Crippen LogP contribution in [0, 0.1) is 0 Å². The van der Waals surface area contributed by atoms with Gasteiger partial charge in [0.15, 0.2) is 0 Å². The third-order valence-corrected chi connectivity index (χ3v) is 5.11. The quantitative estimate of drug-likeness (QED) is 0.857. The molecule has 0 aliphatic rings. The van der Waals surface area contributed by atoms with Crippen LogP contribution in [0.25, 0.3) is 10.8 Å². The Balaban J connectivity index is 2.50. The molecule has 1 aromatic carbocycles. The summed E-state index contributed by atoms with van der Waals surface area (Å²) in [5.74, 6) is -0.720. The van der Waals surface area contributed by atoms with Gasteiger partial charge in [-0.25, -0.2) is 13.1 Å². The Hall–Kier alpha value is -1.44. The molecular formula is C10H10N2O3S2. The molecule has 2 aromatic rings. The van der Waals surface area contributed by atoms with Crippen molar-refractivity contribution in [3.05, 3.63) is 29.6 Å². The molecule has 0 saturated carbocycles. The zero-order valence-corrected chi connectivity index (χ0v) is 10.3. The Labute approximate surface area is 102 Å². The fourth-order valence-corrected chi connectivity index (χ4v) is 3.89. The van der Waals surface area contributed by atoms with Crippen LogP contribution in [0.2, 0.25) is 0 Å². The molecular weight excluding hydrogens is 260 g/mol. The number of carbonyl (C=O) groups excluding carboxylic acids is 1. The maximum Gasteiger partial charge on any atom is 0.274 e. The first-order valence-electron chi connectivity index (χ1n) is 4.76. The molecule has 1 amide bonds. The van der Waals surface area contributed by atoms with Gasteiger partial charge in [0.2, 0.25) is 5.91 Å². The number of thiophene rings is 1. The van der Waals surface area contributed by atoms with Crippen LogP contribution in [0.5, 0.6) is 0 Å². The first-order chi connectivity index (χ1) is 8.04. The maximum atomic E-state index is 11.9. The van der Waals surface area contributed by atoms with E-state index in [1.54, 1.807) is 17.5 Å². The first-order valence-corrected chi connectivity index (χ1v) is 7.13. The van der Waals surface area contributed by atoms with E-state index in [9.17, 15) is 13.2 Å². The predicted molar refractivity (Wildman–Crippen MR) is 66.2 cm³/mol. The van der Waals surface area contributed by atoms with Gasteiger partial charge in [0.1, 0.15) is 4.21 Å². The van der Waals surface area contributed by atoms with E-state index in [1.165, 1.54) is 0 Å². The van der Waals surface area contributed by atoms with Crippen LogP contribution >= 0.6 is 11.3 Å². The summed E-state index contributed by atoms with van der Waals surface area (Å²) in [4.78, 5) is 11.0. The maximum absolute atomic E-state index is 11.9. The fourth-order valence-electron chi connectivity index (χ4n) is 1.41. The highest BCUT2D eigenvalue weighted by molar-refractivity contribution is 7.92. The van der Waals surface area contributed by atoms with Gasteiger partial charge < -0.3 is 5.73 Å². The molecule has 2 rings (SSSR count). The summed E-state index contributed by atoms with van der Waals surface area (Å²) in [6, 6.07) is 7.09. The van der Waals surface area contributed by atoms with Crippen molar-refractivity contribution in [2.45, 2.75) is 4.21 Å². The summed E-state index contributed by atoms with van der Waals surface area (Å²) in [6.45, 7) is -0.359. The molecule has 0 atom stereocenters. The largest absolute Gasteiger partial charge is 0.322 e. The molecule has 17 heavy (non-hydrogen) atoms. The Morgan fingerprint density at radius 1 is 1.35 bits per heavy atom. The highest BCUT2D eigenvalue weighted by atomic mass is 32.2. The van der Waals surface area contributed by atoms with E-state index >= 15 is 0 Å². The van der Waals surface area contributed by atoms with Crippen molar-refractivity contribution in [3.8, 4) is 0 Å². The number of nitrogens with one attached hydrogen (secondary N) is 1. The van der Waals surface area contributed by atoms with Gasteiger partial charge in [-0.3, -0.25) is 4.79 Å². The lowest BCUT2D eigenvalue weighted by atomic mass is 10.2. The molecule has 0 bridgehead atoms. The van der Waals surface area contributed by atoms with Crippen LogP contribution in [-0.4, -0.2) is 20.9 Å². The van der Waals surface area contributed by atoms with E-state index in [2.05, 4.69) is 0 Å². The van der Waals surface area contributed by atoms with Crippen molar-refractivity contribution in [2.24, 2.45) is 5.73 Å². The topological polar surface area (TPSA) is 89.3 Å². The smallest absolute Gasteiger partial charge is 0.274 e. The number of amides is 1. The van der Waals surface area contributed by atoms with Crippen molar-refractivity contribution in [3.63, 3.8) is 0 Å². The average molecular weight is 270 g/mol. The van der Waals surface area contributed by atoms with Gasteiger partial charge in [-0.15, -0.1) is 11.3 Å². The summed E-state index contributed by atoms with van der Waals surface area (Å²) in [5, 5.41) is 3.17. The second-order valence-corrected chi connectivity index (χ2v) is 6.10. The van der Waals surface area contributed by atoms with Crippen LogP contribution in [0.15, 0.2) is 33.9 Å². The molecule has 0 unspecified atom stereocenters. The number of benzene rings is 1. The van der Waals surface area contributed by atoms with E-state index < -0.39 is 15.9 Å². The normalized spacial score (nSPS) is 11.6. The third kappa shape index (κ3) is 2.31.